The van der Waals surface area contributed by atoms with E-state index in [2.05, 4.69) is 37.2 Å². The lowest BCUT2D eigenvalue weighted by Gasteiger charge is -2.51. The van der Waals surface area contributed by atoms with Crippen LogP contribution in [-0.2, 0) is 110 Å². The largest absolute Gasteiger partial charge is 0.477 e. The van der Waals surface area contributed by atoms with E-state index in [4.69, 9.17) is 62.6 Å². The van der Waals surface area contributed by atoms with Crippen molar-refractivity contribution in [2.75, 3.05) is 59.8 Å². The van der Waals surface area contributed by atoms with Gasteiger partial charge < -0.3 is 207 Å². The number of carboxylic acid groups (broad SMARTS) is 2. The number of aliphatic hydroxyl groups excluding tert-OH is 17. The van der Waals surface area contributed by atoms with Gasteiger partial charge in [0, 0.05) is 53.6 Å². The Kier molecular flexibility index (Phi) is 36.0. The summed E-state index contributed by atoms with van der Waals surface area (Å²) in [6.45, 7) is 0.675. The van der Waals surface area contributed by atoms with Gasteiger partial charge in [-0.05, 0) is 53.5 Å². The molecule has 52 nitrogen and oxygen atoms in total. The molecule has 16 unspecified atom stereocenters. The van der Waals surface area contributed by atoms with Crippen LogP contribution in [0.15, 0.2) is 0 Å². The standard InChI is InChI=1S/C71H116N10O42/c1-23(59(72)103)74-60(104)30-11-9-13-80(30)63(107)31-12-10-14-81(31)62(106)24(2)75-61(105)40(73-8)25(3)113-65-44(79-29(7)90)54(119-67-52(102)58(48(98)37(20-85)115-67)123-71(69(110)111)16-33(92)42(77-27(5)88)56(121-71)46(96)35(94)18-83)49(99)39(117-65)22-112-64-43(78-28(6)89)50(100)53(38(21-86)116-64)118-66-51(101)57(47(97)36(19-84)114-66)122-70(68(108)109)15-32(91)41(76-26(4)87)55(120-70)45(95)34(93)17-82/h23-25,30-58,64-67,73,82-86,91-102H,9-22H2,1-8H3,(H2,72,103)(H,74,104)(H,75,105)(H,76,87)(H,77,88)(H,78,89)(H,79,90)(H,108,109)(H,110,111)/t23?,24?,25?,30?,31?,32-,33-,34+,35+,36?,37?,38?,39?,40?,41+,42+,43+,44+,45+,46+,47-,48-,49-,50?,51+,52+,53-,54?,55?,56?,57?,58?,64+,65+,66-,67-,70-,71-/m0/s1. The SMILES string of the molecule is CNC(C(=O)NC(C)C(=O)N1CCCC1C(=O)N1CCCC1C(=O)NC(C)C(N)=O)C(C)O[C@@H]1OC(CO[C@@H]2OC(CO)[C@H](O[C@@H]3OC(CO)[C@H](O)C(O[C@]4(C(=O)O)C[C@H](O)[C@@H](NC(C)=O)C([C@H](O)[C@H](O)CO)O4)[C@H]3O)C(O)[C@H]2NC(C)=O)[C@H](O)C(O[C@@H]2OC(CO)[C@H](O)C(O[C@]3(C(=O)O)C[C@H](O)[C@@H](NC(C)=O)C([C@H](O)[C@H](O)CO)O3)[C@H]2O)[C@H]1NC(C)=O. The molecule has 8 aliphatic heterocycles. The van der Waals surface area contributed by atoms with Gasteiger partial charge in [0.25, 0.3) is 11.6 Å². The summed E-state index contributed by atoms with van der Waals surface area (Å²) in [5.41, 5.74) is 5.35. The molecule has 0 radical (unpaired) electrons. The van der Waals surface area contributed by atoms with Crippen molar-refractivity contribution in [3.63, 3.8) is 0 Å². The summed E-state index contributed by atoms with van der Waals surface area (Å²) in [6.07, 6.45) is -60.9. The van der Waals surface area contributed by atoms with Gasteiger partial charge in [0.15, 0.2) is 25.2 Å². The molecule has 38 atom stereocenters. The number of primary amides is 1. The second-order valence-corrected chi connectivity index (χ2v) is 31.4. The number of nitrogens with two attached hydrogens (primary N) is 1. The number of likely N-dealkylation sites (N-methyl/N-ethyl adjacent to an activating group) is 1. The molecule has 8 fully saturated rings. The van der Waals surface area contributed by atoms with Gasteiger partial charge in [-0.1, -0.05) is 0 Å². The van der Waals surface area contributed by atoms with Crippen molar-refractivity contribution in [3.8, 4) is 0 Å². The van der Waals surface area contributed by atoms with E-state index in [1.165, 1.54) is 37.6 Å². The van der Waals surface area contributed by atoms with Crippen molar-refractivity contribution in [3.05, 3.63) is 0 Å². The van der Waals surface area contributed by atoms with Crippen LogP contribution in [0.5, 0.6) is 0 Å². The number of nitrogens with zero attached hydrogens (tertiary/aromatic N) is 2. The molecular formula is C71H116N10O42. The molecule has 0 aromatic carbocycles. The number of nitrogens with one attached hydrogen (secondary N) is 7. The number of hydrogen-bond donors (Lipinski definition) is 27. The number of likely N-dealkylation sites (tertiary alicyclic amines) is 2. The van der Waals surface area contributed by atoms with Crippen LogP contribution in [0.2, 0.25) is 0 Å². The lowest BCUT2D eigenvalue weighted by Crippen LogP contribution is -2.71. The predicted molar refractivity (Wildman–Crippen MR) is 395 cm³/mol. The van der Waals surface area contributed by atoms with Crippen LogP contribution >= 0.6 is 0 Å². The number of carbonyl (C=O) groups excluding carboxylic acids is 9. The maximum Gasteiger partial charge on any atom is 0.364 e. The highest BCUT2D eigenvalue weighted by atomic mass is 16.8. The lowest BCUT2D eigenvalue weighted by molar-refractivity contribution is -0.385. The number of carboxylic acids is 2. The van der Waals surface area contributed by atoms with E-state index in [1.54, 1.807) is 0 Å². The molecule has 8 heterocycles. The number of carbonyl (C=O) groups is 11. The van der Waals surface area contributed by atoms with E-state index in [0.29, 0.717) is 12.8 Å². The van der Waals surface area contributed by atoms with Gasteiger partial charge in [0.05, 0.1) is 70.0 Å². The van der Waals surface area contributed by atoms with Gasteiger partial charge in [0.2, 0.25) is 53.2 Å². The van der Waals surface area contributed by atoms with Gasteiger partial charge in [-0.3, -0.25) is 43.2 Å². The first-order valence-corrected chi connectivity index (χ1v) is 39.7. The van der Waals surface area contributed by atoms with Gasteiger partial charge in [-0.25, -0.2) is 9.59 Å². The van der Waals surface area contributed by atoms with Crippen LogP contribution in [0.3, 0.4) is 0 Å². The molecule has 8 aliphatic rings. The molecule has 702 valence electrons. The highest BCUT2D eigenvalue weighted by molar-refractivity contribution is 5.96. The fourth-order valence-electron chi connectivity index (χ4n) is 16.2. The Balaban J connectivity index is 1.10. The first-order valence-electron chi connectivity index (χ1n) is 39.7. The molecule has 0 aromatic heterocycles. The van der Waals surface area contributed by atoms with Crippen molar-refractivity contribution in [1.82, 2.24) is 47.0 Å². The quantitative estimate of drug-likeness (QED) is 0.0275. The van der Waals surface area contributed by atoms with Gasteiger partial charge >= 0.3 is 11.9 Å². The minimum Gasteiger partial charge on any atom is -0.477 e. The van der Waals surface area contributed by atoms with Gasteiger partial charge in [-0.15, -0.1) is 0 Å². The normalized spacial score (nSPS) is 38.6. The highest BCUT2D eigenvalue weighted by Gasteiger charge is 2.64. The zero-order valence-electron chi connectivity index (χ0n) is 68.0. The van der Waals surface area contributed by atoms with Crippen molar-refractivity contribution in [2.45, 2.75) is 318 Å². The minimum atomic E-state index is -3.35. The Labute approximate surface area is 700 Å². The molecule has 0 aromatic rings. The molecule has 0 bridgehead atoms. The molecule has 0 spiro atoms. The Morgan fingerprint density at radius 3 is 1.36 bits per heavy atom. The third kappa shape index (κ3) is 23.1. The fraction of sp³-hybridized carbons (Fsp3) is 0.845. The summed E-state index contributed by atoms with van der Waals surface area (Å²) < 4.78 is 71.9. The number of aliphatic hydroxyl groups is 17. The first kappa shape index (κ1) is 101. The zero-order chi connectivity index (χ0) is 91.6. The molecular weight excluding hydrogens is 1660 g/mol. The highest BCUT2D eigenvalue weighted by Crippen LogP contribution is 2.42. The Bertz CT molecular complexity index is 3630. The Morgan fingerprint density at radius 1 is 0.496 bits per heavy atom. The lowest BCUT2D eigenvalue weighted by atomic mass is 9.88. The van der Waals surface area contributed by atoms with Crippen molar-refractivity contribution >= 4 is 65.1 Å². The van der Waals surface area contributed by atoms with E-state index in [1.807, 2.05) is 0 Å². The van der Waals surface area contributed by atoms with Crippen LogP contribution in [0.25, 0.3) is 0 Å². The Hall–Kier alpha value is -7.03. The van der Waals surface area contributed by atoms with Crippen molar-refractivity contribution in [1.29, 1.82) is 0 Å². The maximum absolute atomic E-state index is 14.6. The number of aliphatic carboxylic acids is 2. The van der Waals surface area contributed by atoms with Gasteiger partial charge in [-0.2, -0.15) is 0 Å². The number of ether oxygens (including phenoxy) is 12. The predicted octanol–water partition coefficient (Wildman–Crippen LogP) is -16.6. The van der Waals surface area contributed by atoms with Crippen molar-refractivity contribution < 1.29 is 207 Å². The monoisotopic (exact) mass is 1780 g/mol. The average Bonchev–Trinajstić information content (AvgIpc) is 1.52. The molecule has 9 amide bonds. The van der Waals surface area contributed by atoms with Crippen LogP contribution in [0.1, 0.15) is 87.0 Å². The first-order chi connectivity index (χ1) is 57.8. The van der Waals surface area contributed by atoms with E-state index in [-0.39, 0.29) is 25.9 Å². The number of rotatable bonds is 37. The topological polar surface area (TPSA) is 800 Å². The van der Waals surface area contributed by atoms with Crippen LogP contribution in [0, 0.1) is 0 Å². The maximum atomic E-state index is 14.6. The molecule has 8 saturated heterocycles. The summed E-state index contributed by atoms with van der Waals surface area (Å²) in [5.74, 6) is -18.4. The third-order valence-corrected chi connectivity index (χ3v) is 22.5. The van der Waals surface area contributed by atoms with E-state index < -0.39 is 349 Å². The summed E-state index contributed by atoms with van der Waals surface area (Å²) in [4.78, 5) is 149. The minimum absolute atomic E-state index is 0.0326. The smallest absolute Gasteiger partial charge is 0.364 e. The summed E-state index contributed by atoms with van der Waals surface area (Å²) in [5, 5.41) is 229. The number of amides is 9. The van der Waals surface area contributed by atoms with Crippen LogP contribution < -0.4 is 43.0 Å². The van der Waals surface area contributed by atoms with E-state index in [0.717, 1.165) is 27.7 Å². The second-order valence-electron chi connectivity index (χ2n) is 31.4. The summed E-state index contributed by atoms with van der Waals surface area (Å²) in [6, 6.07) is -13.6. The molecule has 8 rings (SSSR count). The molecule has 52 heteroatoms. The average molecular weight is 1780 g/mol. The van der Waals surface area contributed by atoms with Crippen LogP contribution in [-0.4, -0.2) is 463 Å². The van der Waals surface area contributed by atoms with Gasteiger partial charge in [0.1, 0.15) is 164 Å². The Morgan fingerprint density at radius 2 is 0.919 bits per heavy atom. The fourth-order valence-corrected chi connectivity index (χ4v) is 16.2. The second kappa shape index (κ2) is 43.6. The van der Waals surface area contributed by atoms with E-state index >= 15 is 0 Å². The van der Waals surface area contributed by atoms with Crippen molar-refractivity contribution in [2.24, 2.45) is 5.73 Å². The third-order valence-electron chi connectivity index (χ3n) is 22.5. The number of hydrogen-bond acceptors (Lipinski definition) is 41. The molecule has 0 aliphatic carbocycles. The summed E-state index contributed by atoms with van der Waals surface area (Å²) in [7, 11) is 1.27. The molecule has 123 heavy (non-hydrogen) atoms. The molecule has 28 N–H and O–H groups in total. The summed E-state index contributed by atoms with van der Waals surface area (Å²) >= 11 is 0. The zero-order valence-corrected chi connectivity index (χ0v) is 68.0. The molecule has 0 saturated carbocycles. The van der Waals surface area contributed by atoms with Crippen LogP contribution in [0.4, 0.5) is 0 Å². The van der Waals surface area contributed by atoms with E-state index in [9.17, 15) is 150 Å².